The van der Waals surface area contributed by atoms with E-state index in [2.05, 4.69) is 35.7 Å². The van der Waals surface area contributed by atoms with E-state index in [1.54, 1.807) is 0 Å². The molecule has 2 N–H and O–H groups in total. The highest BCUT2D eigenvalue weighted by atomic mass is 15.2. The number of anilines is 1. The quantitative estimate of drug-likeness (QED) is 0.666. The normalized spacial score (nSPS) is 34.0. The molecule has 4 rings (SSSR count). The molecule has 2 fully saturated rings. The van der Waals surface area contributed by atoms with Crippen molar-refractivity contribution in [1.29, 1.82) is 0 Å². The number of nitrogens with zero attached hydrogens (tertiary/aromatic N) is 2. The SMILES string of the molecule is [C-]#[N+]c1cc2c(cc1N)CC1[C@H](C)[C@]2(C)CCN1CC1CC1. The lowest BCUT2D eigenvalue weighted by Crippen LogP contribution is -2.58. The molecule has 2 bridgehead atoms. The van der Waals surface area contributed by atoms with Crippen molar-refractivity contribution in [2.75, 3.05) is 18.8 Å². The van der Waals surface area contributed by atoms with Crippen LogP contribution in [0.5, 0.6) is 0 Å². The van der Waals surface area contributed by atoms with E-state index in [1.165, 1.54) is 43.5 Å². The summed E-state index contributed by atoms with van der Waals surface area (Å²) in [5, 5.41) is 0. The summed E-state index contributed by atoms with van der Waals surface area (Å²) in [5.41, 5.74) is 10.3. The van der Waals surface area contributed by atoms with Gasteiger partial charge in [0.15, 0.2) is 0 Å². The first-order valence-electron chi connectivity index (χ1n) is 8.57. The van der Waals surface area contributed by atoms with Crippen molar-refractivity contribution >= 4 is 11.4 Å². The van der Waals surface area contributed by atoms with Gasteiger partial charge in [-0.25, -0.2) is 4.85 Å². The smallest absolute Gasteiger partial charge is 0.209 e. The van der Waals surface area contributed by atoms with Crippen LogP contribution in [0.1, 0.15) is 44.2 Å². The van der Waals surface area contributed by atoms with Crippen molar-refractivity contribution in [1.82, 2.24) is 4.90 Å². The first-order valence-corrected chi connectivity index (χ1v) is 8.57. The third-order valence-electron chi connectivity index (χ3n) is 6.58. The van der Waals surface area contributed by atoms with Crippen molar-refractivity contribution in [3.8, 4) is 0 Å². The van der Waals surface area contributed by atoms with Crippen LogP contribution in [0, 0.1) is 18.4 Å². The van der Waals surface area contributed by atoms with E-state index >= 15 is 0 Å². The van der Waals surface area contributed by atoms with E-state index < -0.39 is 0 Å². The summed E-state index contributed by atoms with van der Waals surface area (Å²) >= 11 is 0. The Labute approximate surface area is 133 Å². The minimum Gasteiger partial charge on any atom is -0.407 e. The van der Waals surface area contributed by atoms with Gasteiger partial charge in [-0.1, -0.05) is 19.9 Å². The number of rotatable bonds is 2. The second-order valence-corrected chi connectivity index (χ2v) is 7.85. The van der Waals surface area contributed by atoms with E-state index in [-0.39, 0.29) is 5.41 Å². The Hall–Kier alpha value is -1.53. The molecular formula is C19H25N3. The fraction of sp³-hybridized carbons (Fsp3) is 0.632. The lowest BCUT2D eigenvalue weighted by atomic mass is 9.59. The zero-order valence-corrected chi connectivity index (χ0v) is 13.6. The molecule has 0 spiro atoms. The Morgan fingerprint density at radius 1 is 1.41 bits per heavy atom. The maximum atomic E-state index is 7.35. The molecule has 1 aromatic rings. The highest BCUT2D eigenvalue weighted by Crippen LogP contribution is 2.50. The maximum absolute atomic E-state index is 7.35. The summed E-state index contributed by atoms with van der Waals surface area (Å²) in [7, 11) is 0. The number of nitrogen functional groups attached to an aromatic ring is 1. The van der Waals surface area contributed by atoms with E-state index in [4.69, 9.17) is 12.3 Å². The molecule has 1 saturated carbocycles. The van der Waals surface area contributed by atoms with Crippen LogP contribution in [-0.4, -0.2) is 24.0 Å². The summed E-state index contributed by atoms with van der Waals surface area (Å²) in [6.07, 6.45) is 5.15. The molecule has 1 aliphatic heterocycles. The van der Waals surface area contributed by atoms with Gasteiger partial charge in [0, 0.05) is 18.3 Å². The molecule has 1 heterocycles. The standard InChI is InChI=1S/C19H25N3/c1-12-18-9-14-8-16(20)17(21-3)10-15(14)19(12,2)6-7-22(18)11-13-4-5-13/h8,10,12-13,18H,4-7,9,11,20H2,1-2H3/t12-,18?,19-/m0/s1. The van der Waals surface area contributed by atoms with Crippen molar-refractivity contribution < 1.29 is 0 Å². The topological polar surface area (TPSA) is 33.6 Å². The van der Waals surface area contributed by atoms with Gasteiger partial charge in [0.1, 0.15) is 0 Å². The van der Waals surface area contributed by atoms with Gasteiger partial charge in [-0.3, -0.25) is 4.90 Å². The largest absolute Gasteiger partial charge is 0.407 e. The lowest BCUT2D eigenvalue weighted by molar-refractivity contribution is 0.0285. The van der Waals surface area contributed by atoms with E-state index in [9.17, 15) is 0 Å². The molecule has 1 saturated heterocycles. The zero-order valence-electron chi connectivity index (χ0n) is 13.6. The highest BCUT2D eigenvalue weighted by molar-refractivity contribution is 5.70. The van der Waals surface area contributed by atoms with Crippen LogP contribution in [0.4, 0.5) is 11.4 Å². The Bertz CT molecular complexity index is 655. The van der Waals surface area contributed by atoms with E-state index in [0.717, 1.165) is 12.3 Å². The van der Waals surface area contributed by atoms with Crippen molar-refractivity contribution in [2.24, 2.45) is 11.8 Å². The predicted molar refractivity (Wildman–Crippen MR) is 90.0 cm³/mol. The number of piperidine rings is 1. The molecule has 3 nitrogen and oxygen atoms in total. The van der Waals surface area contributed by atoms with Crippen LogP contribution in [0.25, 0.3) is 4.85 Å². The van der Waals surface area contributed by atoms with Gasteiger partial charge in [-0.15, -0.1) is 0 Å². The molecule has 1 unspecified atom stereocenters. The number of hydrogen-bond acceptors (Lipinski definition) is 2. The molecule has 0 amide bonds. The van der Waals surface area contributed by atoms with Gasteiger partial charge in [-0.05, 0) is 66.7 Å². The first kappa shape index (κ1) is 14.1. The van der Waals surface area contributed by atoms with Crippen molar-refractivity contribution in [3.05, 3.63) is 34.7 Å². The maximum Gasteiger partial charge on any atom is 0.209 e. The summed E-state index contributed by atoms with van der Waals surface area (Å²) in [4.78, 5) is 6.36. The predicted octanol–water partition coefficient (Wildman–Crippen LogP) is 3.75. The number of likely N-dealkylation sites (tertiary alicyclic amines) is 1. The molecule has 3 atom stereocenters. The average molecular weight is 295 g/mol. The Morgan fingerprint density at radius 3 is 2.86 bits per heavy atom. The molecule has 3 aliphatic rings. The molecule has 1 aromatic carbocycles. The minimum absolute atomic E-state index is 0.200. The van der Waals surface area contributed by atoms with Crippen molar-refractivity contribution in [2.45, 2.75) is 51.0 Å². The molecule has 0 radical (unpaired) electrons. The van der Waals surface area contributed by atoms with Crippen LogP contribution in [0.15, 0.2) is 12.1 Å². The van der Waals surface area contributed by atoms with Gasteiger partial charge in [0.2, 0.25) is 5.69 Å². The second kappa shape index (κ2) is 4.73. The van der Waals surface area contributed by atoms with Gasteiger partial charge in [0.05, 0.1) is 6.57 Å². The van der Waals surface area contributed by atoms with E-state index in [0.29, 0.717) is 23.3 Å². The van der Waals surface area contributed by atoms with Crippen LogP contribution >= 0.6 is 0 Å². The van der Waals surface area contributed by atoms with Gasteiger partial charge >= 0.3 is 0 Å². The molecule has 116 valence electrons. The molecule has 22 heavy (non-hydrogen) atoms. The van der Waals surface area contributed by atoms with E-state index in [1.807, 2.05) is 0 Å². The minimum atomic E-state index is 0.200. The third kappa shape index (κ3) is 1.97. The molecule has 3 heteroatoms. The molecule has 2 aliphatic carbocycles. The number of hydrogen-bond donors (Lipinski definition) is 1. The van der Waals surface area contributed by atoms with Crippen LogP contribution in [0.3, 0.4) is 0 Å². The monoisotopic (exact) mass is 295 g/mol. The summed E-state index contributed by atoms with van der Waals surface area (Å²) in [5.74, 6) is 1.60. The van der Waals surface area contributed by atoms with Gasteiger partial charge in [-0.2, -0.15) is 0 Å². The van der Waals surface area contributed by atoms with Gasteiger partial charge < -0.3 is 5.73 Å². The van der Waals surface area contributed by atoms with Crippen LogP contribution in [-0.2, 0) is 11.8 Å². The fourth-order valence-corrected chi connectivity index (χ4v) is 4.73. The Morgan fingerprint density at radius 2 is 2.18 bits per heavy atom. The first-order chi connectivity index (χ1) is 10.5. The summed E-state index contributed by atoms with van der Waals surface area (Å²) in [6, 6.07) is 4.81. The van der Waals surface area contributed by atoms with Crippen LogP contribution < -0.4 is 5.73 Å². The number of nitrogens with two attached hydrogens (primary N) is 1. The fourth-order valence-electron chi connectivity index (χ4n) is 4.73. The van der Waals surface area contributed by atoms with Crippen LogP contribution in [0.2, 0.25) is 0 Å². The summed E-state index contributed by atoms with van der Waals surface area (Å²) < 4.78 is 0. The average Bonchev–Trinajstić information content (AvgIpc) is 3.30. The molecule has 0 aromatic heterocycles. The number of fused-ring (bicyclic) bond motifs is 4. The lowest BCUT2D eigenvalue weighted by Gasteiger charge is -2.55. The van der Waals surface area contributed by atoms with Crippen molar-refractivity contribution in [3.63, 3.8) is 0 Å². The Kier molecular flexibility index (Phi) is 3.03. The molecular weight excluding hydrogens is 270 g/mol. The summed E-state index contributed by atoms with van der Waals surface area (Å²) in [6.45, 7) is 14.7. The van der Waals surface area contributed by atoms with Gasteiger partial charge in [0.25, 0.3) is 0 Å². The highest BCUT2D eigenvalue weighted by Gasteiger charge is 2.49. The Balaban J connectivity index is 1.75. The third-order valence-corrected chi connectivity index (χ3v) is 6.58. The second-order valence-electron chi connectivity index (χ2n) is 7.85. The number of benzene rings is 1. The zero-order chi connectivity index (χ0) is 15.5.